The molecule has 2 aromatic heterocycles. The molecule has 0 aromatic carbocycles. The van der Waals surface area contributed by atoms with E-state index in [1.807, 2.05) is 26.0 Å². The van der Waals surface area contributed by atoms with Crippen molar-refractivity contribution < 1.29 is 9.37 Å². The normalized spacial score (nSPS) is 10.6. The van der Waals surface area contributed by atoms with Crippen LogP contribution in [0.5, 0.6) is 5.75 Å². The zero-order valence-corrected chi connectivity index (χ0v) is 10.5. The van der Waals surface area contributed by atoms with Crippen LogP contribution in [0.3, 0.4) is 0 Å². The van der Waals surface area contributed by atoms with Gasteiger partial charge in [-0.3, -0.25) is 4.98 Å². The van der Waals surface area contributed by atoms with Crippen molar-refractivity contribution in [2.24, 2.45) is 5.73 Å². The highest BCUT2D eigenvalue weighted by atomic mass is 16.6. The van der Waals surface area contributed by atoms with E-state index in [0.717, 1.165) is 22.8 Å². The summed E-state index contributed by atoms with van der Waals surface area (Å²) in [6.45, 7) is 4.62. The second-order valence-corrected chi connectivity index (χ2v) is 4.02. The molecule has 0 bridgehead atoms. The van der Waals surface area contributed by atoms with Gasteiger partial charge in [0.25, 0.3) is 0 Å². The minimum atomic E-state index is 0.317. The van der Waals surface area contributed by atoms with Gasteiger partial charge >= 0.3 is 0 Å². The quantitative estimate of drug-likeness (QED) is 0.854. The first-order valence-electron chi connectivity index (χ1n) is 5.78. The molecule has 0 unspecified atom stereocenters. The molecule has 0 amide bonds. The molecular formula is C12H16N4O2. The zero-order valence-electron chi connectivity index (χ0n) is 10.5. The van der Waals surface area contributed by atoms with Crippen LogP contribution in [-0.4, -0.2) is 21.8 Å². The Balaban J connectivity index is 2.11. The molecule has 6 nitrogen and oxygen atoms in total. The van der Waals surface area contributed by atoms with Gasteiger partial charge < -0.3 is 10.5 Å². The minimum absolute atomic E-state index is 0.317. The number of rotatable bonds is 5. The van der Waals surface area contributed by atoms with E-state index in [4.69, 9.17) is 10.5 Å². The number of pyridine rings is 1. The molecule has 96 valence electrons. The summed E-state index contributed by atoms with van der Waals surface area (Å²) in [4.78, 5) is 4.42. The molecule has 18 heavy (non-hydrogen) atoms. The second-order valence-electron chi connectivity index (χ2n) is 4.02. The van der Waals surface area contributed by atoms with E-state index in [0.29, 0.717) is 25.3 Å². The first-order chi connectivity index (χ1) is 8.70. The molecule has 6 heteroatoms. The summed E-state index contributed by atoms with van der Waals surface area (Å²) in [6, 6.07) is 3.80. The summed E-state index contributed by atoms with van der Waals surface area (Å²) in [5.74, 6) is 0.730. The lowest BCUT2D eigenvalue weighted by Crippen LogP contribution is -2.08. The Hall–Kier alpha value is -1.95. The van der Waals surface area contributed by atoms with Crippen LogP contribution < -0.4 is 10.5 Å². The van der Waals surface area contributed by atoms with Crippen molar-refractivity contribution in [1.82, 2.24) is 15.3 Å². The fraction of sp³-hybridized carbons (Fsp3) is 0.417. The van der Waals surface area contributed by atoms with Crippen molar-refractivity contribution in [2.75, 3.05) is 6.54 Å². The average Bonchev–Trinajstić information content (AvgIpc) is 2.74. The molecule has 2 rings (SSSR count). The molecule has 0 fully saturated rings. The van der Waals surface area contributed by atoms with Crippen molar-refractivity contribution in [3.8, 4) is 5.75 Å². The number of nitrogens with zero attached hydrogens (tertiary/aromatic N) is 3. The van der Waals surface area contributed by atoms with Gasteiger partial charge in [-0.1, -0.05) is 10.3 Å². The van der Waals surface area contributed by atoms with Crippen molar-refractivity contribution in [2.45, 2.75) is 26.9 Å². The Kier molecular flexibility index (Phi) is 3.88. The van der Waals surface area contributed by atoms with Crippen LogP contribution in [0.4, 0.5) is 0 Å². The Morgan fingerprint density at radius 2 is 2.06 bits per heavy atom. The number of nitrogens with two attached hydrogens (primary N) is 1. The van der Waals surface area contributed by atoms with Gasteiger partial charge in [0.2, 0.25) is 0 Å². The monoisotopic (exact) mass is 248 g/mol. The molecule has 2 N–H and O–H groups in total. The number of hydrogen-bond donors (Lipinski definition) is 1. The Bertz CT molecular complexity index is 525. The van der Waals surface area contributed by atoms with E-state index in [9.17, 15) is 0 Å². The molecule has 2 heterocycles. The van der Waals surface area contributed by atoms with Gasteiger partial charge in [0.15, 0.2) is 0 Å². The maximum atomic E-state index is 5.69. The maximum absolute atomic E-state index is 5.69. The van der Waals surface area contributed by atoms with Crippen LogP contribution in [-0.2, 0) is 13.0 Å². The summed E-state index contributed by atoms with van der Waals surface area (Å²) in [5.41, 5.74) is 8.80. The maximum Gasteiger partial charge on any atom is 0.145 e. The summed E-state index contributed by atoms with van der Waals surface area (Å²) in [6.07, 6.45) is 0.688. The molecule has 0 saturated heterocycles. The Morgan fingerprint density at radius 1 is 1.22 bits per heavy atom. The third-order valence-corrected chi connectivity index (χ3v) is 2.56. The van der Waals surface area contributed by atoms with E-state index in [1.165, 1.54) is 0 Å². The van der Waals surface area contributed by atoms with Crippen molar-refractivity contribution >= 4 is 0 Å². The topological polar surface area (TPSA) is 87.1 Å². The lowest BCUT2D eigenvalue weighted by Gasteiger charge is -2.09. The summed E-state index contributed by atoms with van der Waals surface area (Å²) in [5, 5.41) is 7.47. The molecule has 0 aliphatic rings. The molecule has 0 spiro atoms. The van der Waals surface area contributed by atoms with Crippen molar-refractivity contribution in [3.05, 3.63) is 34.9 Å². The standard InChI is InChI=1S/C12H16N4O2/c1-8-3-4-12(10(14-8)5-6-13)17-7-11-9(2)15-18-16-11/h3-4H,5-7,13H2,1-2H3. The second kappa shape index (κ2) is 5.59. The van der Waals surface area contributed by atoms with Crippen LogP contribution in [0.15, 0.2) is 16.8 Å². The highest BCUT2D eigenvalue weighted by molar-refractivity contribution is 5.29. The number of hydrogen-bond acceptors (Lipinski definition) is 6. The van der Waals surface area contributed by atoms with Crippen LogP contribution >= 0.6 is 0 Å². The highest BCUT2D eigenvalue weighted by Crippen LogP contribution is 2.18. The van der Waals surface area contributed by atoms with Crippen LogP contribution in [0, 0.1) is 13.8 Å². The number of aryl methyl sites for hydroxylation is 2. The lowest BCUT2D eigenvalue weighted by atomic mass is 10.2. The highest BCUT2D eigenvalue weighted by Gasteiger charge is 2.09. The first kappa shape index (κ1) is 12.5. The number of ether oxygens (including phenoxy) is 1. The van der Waals surface area contributed by atoms with Gasteiger partial charge in [0.1, 0.15) is 23.7 Å². The van der Waals surface area contributed by atoms with E-state index < -0.39 is 0 Å². The van der Waals surface area contributed by atoms with Gasteiger partial charge in [-0.05, 0) is 32.5 Å². The summed E-state index contributed by atoms with van der Waals surface area (Å²) >= 11 is 0. The fourth-order valence-corrected chi connectivity index (χ4v) is 1.57. The fourth-order valence-electron chi connectivity index (χ4n) is 1.57. The largest absolute Gasteiger partial charge is 0.485 e. The first-order valence-corrected chi connectivity index (χ1v) is 5.78. The third-order valence-electron chi connectivity index (χ3n) is 2.56. The lowest BCUT2D eigenvalue weighted by molar-refractivity contribution is 0.267. The average molecular weight is 248 g/mol. The zero-order chi connectivity index (χ0) is 13.0. The Labute approximate surface area is 105 Å². The van der Waals surface area contributed by atoms with Gasteiger partial charge in [-0.15, -0.1) is 0 Å². The minimum Gasteiger partial charge on any atom is -0.485 e. The molecule has 0 radical (unpaired) electrons. The molecule has 0 saturated carbocycles. The van der Waals surface area contributed by atoms with Gasteiger partial charge in [-0.2, -0.15) is 0 Å². The van der Waals surface area contributed by atoms with Gasteiger partial charge in [0, 0.05) is 12.1 Å². The van der Waals surface area contributed by atoms with E-state index >= 15 is 0 Å². The van der Waals surface area contributed by atoms with E-state index in [2.05, 4.69) is 19.9 Å². The summed E-state index contributed by atoms with van der Waals surface area (Å²) in [7, 11) is 0. The van der Waals surface area contributed by atoms with Crippen LogP contribution in [0.2, 0.25) is 0 Å². The smallest absolute Gasteiger partial charge is 0.145 e. The van der Waals surface area contributed by atoms with Crippen LogP contribution in [0.1, 0.15) is 22.8 Å². The van der Waals surface area contributed by atoms with E-state index in [-0.39, 0.29) is 0 Å². The van der Waals surface area contributed by atoms with E-state index in [1.54, 1.807) is 0 Å². The predicted octanol–water partition coefficient (Wildman–Crippen LogP) is 1.16. The summed E-state index contributed by atoms with van der Waals surface area (Å²) < 4.78 is 10.3. The predicted molar refractivity (Wildman–Crippen MR) is 65.1 cm³/mol. The molecule has 0 aliphatic carbocycles. The van der Waals surface area contributed by atoms with Gasteiger partial charge in [0.05, 0.1) is 5.69 Å². The van der Waals surface area contributed by atoms with Crippen molar-refractivity contribution in [1.29, 1.82) is 0 Å². The third kappa shape index (κ3) is 2.84. The van der Waals surface area contributed by atoms with Crippen LogP contribution in [0.25, 0.3) is 0 Å². The molecule has 2 aromatic rings. The molecule has 0 aliphatic heterocycles. The van der Waals surface area contributed by atoms with Crippen molar-refractivity contribution in [3.63, 3.8) is 0 Å². The molecular weight excluding hydrogens is 232 g/mol. The molecule has 0 atom stereocenters. The van der Waals surface area contributed by atoms with Gasteiger partial charge in [-0.25, -0.2) is 4.63 Å². The Morgan fingerprint density at radius 3 is 2.72 bits per heavy atom. The number of aromatic nitrogens is 3. The SMILES string of the molecule is Cc1ccc(OCc2nonc2C)c(CCN)n1.